The van der Waals surface area contributed by atoms with Crippen molar-refractivity contribution >= 4 is 17.3 Å². The second-order valence-electron chi connectivity index (χ2n) is 4.36. The average Bonchev–Trinajstić information content (AvgIpc) is 2.43. The van der Waals surface area contributed by atoms with Gasteiger partial charge in [-0.2, -0.15) is 0 Å². The first-order valence-electron chi connectivity index (χ1n) is 6.07. The van der Waals surface area contributed by atoms with Crippen molar-refractivity contribution in [1.29, 1.82) is 0 Å². The fourth-order valence-corrected chi connectivity index (χ4v) is 1.77. The van der Waals surface area contributed by atoms with Crippen molar-refractivity contribution in [3.63, 3.8) is 0 Å². The lowest BCUT2D eigenvalue weighted by Crippen LogP contribution is -2.30. The number of amides is 1. The number of nitrogens with one attached hydrogen (secondary N) is 1. The van der Waals surface area contributed by atoms with Gasteiger partial charge in [-0.1, -0.05) is 18.2 Å². The molecule has 0 atom stereocenters. The fraction of sp³-hybridized carbons (Fsp3) is 0.133. The summed E-state index contributed by atoms with van der Waals surface area (Å²) in [6, 6.07) is 12.4. The van der Waals surface area contributed by atoms with Gasteiger partial charge in [0.25, 0.3) is 0 Å². The molecule has 0 radical (unpaired) electrons. The van der Waals surface area contributed by atoms with Crippen molar-refractivity contribution in [1.82, 2.24) is 0 Å². The first kappa shape index (κ1) is 14.0. The minimum atomic E-state index is -0.791. The van der Waals surface area contributed by atoms with Gasteiger partial charge in [-0.15, -0.1) is 0 Å². The molecule has 0 spiro atoms. The normalized spacial score (nSPS) is 10.2. The second kappa shape index (κ2) is 6.14. The van der Waals surface area contributed by atoms with Gasteiger partial charge in [0.05, 0.1) is 12.2 Å². The minimum Gasteiger partial charge on any atom is -0.365 e. The highest BCUT2D eigenvalue weighted by Gasteiger charge is 2.10. The summed E-state index contributed by atoms with van der Waals surface area (Å²) in [6.45, 7) is 0.0703. The first-order valence-corrected chi connectivity index (χ1v) is 6.07. The quantitative estimate of drug-likeness (QED) is 0.931. The Morgan fingerprint density at radius 2 is 1.85 bits per heavy atom. The van der Waals surface area contributed by atoms with Crippen LogP contribution in [0.2, 0.25) is 0 Å². The number of para-hydroxylation sites is 1. The zero-order valence-electron chi connectivity index (χ0n) is 10.9. The van der Waals surface area contributed by atoms with Crippen molar-refractivity contribution in [2.24, 2.45) is 0 Å². The Morgan fingerprint density at radius 3 is 2.50 bits per heavy atom. The van der Waals surface area contributed by atoms with Crippen molar-refractivity contribution in [2.75, 3.05) is 23.8 Å². The van der Waals surface area contributed by atoms with E-state index in [4.69, 9.17) is 0 Å². The maximum Gasteiger partial charge on any atom is 0.243 e. The van der Waals surface area contributed by atoms with E-state index in [9.17, 15) is 13.6 Å². The van der Waals surface area contributed by atoms with Gasteiger partial charge in [0.2, 0.25) is 5.91 Å². The average molecular weight is 276 g/mol. The fourth-order valence-electron chi connectivity index (χ4n) is 1.77. The van der Waals surface area contributed by atoms with Crippen LogP contribution in [0.15, 0.2) is 48.5 Å². The van der Waals surface area contributed by atoms with Crippen molar-refractivity contribution < 1.29 is 13.6 Å². The van der Waals surface area contributed by atoms with E-state index < -0.39 is 11.6 Å². The maximum atomic E-state index is 13.4. The molecule has 1 amide bonds. The highest BCUT2D eigenvalue weighted by molar-refractivity contribution is 5.94. The summed E-state index contributed by atoms with van der Waals surface area (Å²) in [5.41, 5.74) is 0.847. The molecular formula is C15H14F2N2O. The molecule has 0 saturated carbocycles. The Hall–Kier alpha value is -2.43. The molecule has 3 nitrogen and oxygen atoms in total. The SMILES string of the molecule is CN(CC(=O)Nc1ccc(F)cc1F)c1ccccc1. The Morgan fingerprint density at radius 1 is 1.15 bits per heavy atom. The first-order chi connectivity index (χ1) is 9.56. The molecule has 5 heteroatoms. The molecule has 0 unspecified atom stereocenters. The number of likely N-dealkylation sites (N-methyl/N-ethyl adjacent to an activating group) is 1. The van der Waals surface area contributed by atoms with Gasteiger partial charge in [-0.3, -0.25) is 4.79 Å². The molecule has 0 saturated heterocycles. The van der Waals surface area contributed by atoms with E-state index in [1.54, 1.807) is 11.9 Å². The Balaban J connectivity index is 1.99. The van der Waals surface area contributed by atoms with E-state index in [1.807, 2.05) is 30.3 Å². The van der Waals surface area contributed by atoms with E-state index in [1.165, 1.54) is 6.07 Å². The lowest BCUT2D eigenvalue weighted by Gasteiger charge is -2.18. The number of hydrogen-bond acceptors (Lipinski definition) is 2. The van der Waals surface area contributed by atoms with Gasteiger partial charge in [-0.05, 0) is 24.3 Å². The van der Waals surface area contributed by atoms with E-state index in [0.29, 0.717) is 0 Å². The van der Waals surface area contributed by atoms with Crippen molar-refractivity contribution in [3.05, 3.63) is 60.2 Å². The third kappa shape index (κ3) is 3.54. The van der Waals surface area contributed by atoms with Gasteiger partial charge in [-0.25, -0.2) is 8.78 Å². The molecule has 2 aromatic rings. The molecule has 1 N–H and O–H groups in total. The van der Waals surface area contributed by atoms with Crippen LogP contribution in [0.1, 0.15) is 0 Å². The molecule has 0 bridgehead atoms. The number of carbonyl (C=O) groups is 1. The number of halogens is 2. The summed E-state index contributed by atoms with van der Waals surface area (Å²) in [5, 5.41) is 2.42. The van der Waals surface area contributed by atoms with Crippen LogP contribution in [0, 0.1) is 11.6 Å². The summed E-state index contributed by atoms with van der Waals surface area (Å²) in [6.07, 6.45) is 0. The maximum absolute atomic E-state index is 13.4. The number of nitrogens with zero attached hydrogens (tertiary/aromatic N) is 1. The van der Waals surface area contributed by atoms with Crippen LogP contribution in [0.3, 0.4) is 0 Å². The molecule has 0 heterocycles. The third-order valence-corrected chi connectivity index (χ3v) is 2.78. The lowest BCUT2D eigenvalue weighted by atomic mass is 10.3. The predicted molar refractivity (Wildman–Crippen MR) is 74.7 cm³/mol. The number of hydrogen-bond donors (Lipinski definition) is 1. The topological polar surface area (TPSA) is 32.3 Å². The van der Waals surface area contributed by atoms with Gasteiger partial charge in [0, 0.05) is 18.8 Å². The van der Waals surface area contributed by atoms with Gasteiger partial charge < -0.3 is 10.2 Å². The van der Waals surface area contributed by atoms with Crippen molar-refractivity contribution in [2.45, 2.75) is 0 Å². The molecule has 20 heavy (non-hydrogen) atoms. The van der Waals surface area contributed by atoms with Crippen LogP contribution >= 0.6 is 0 Å². The molecule has 0 aliphatic heterocycles. The third-order valence-electron chi connectivity index (χ3n) is 2.78. The van der Waals surface area contributed by atoms with Crippen LogP contribution in [-0.2, 0) is 4.79 Å². The molecule has 0 aliphatic carbocycles. The zero-order chi connectivity index (χ0) is 14.5. The lowest BCUT2D eigenvalue weighted by molar-refractivity contribution is -0.114. The summed E-state index contributed by atoms with van der Waals surface area (Å²) in [4.78, 5) is 13.6. The van der Waals surface area contributed by atoms with E-state index in [2.05, 4.69) is 5.32 Å². The molecule has 0 aromatic heterocycles. The monoisotopic (exact) mass is 276 g/mol. The Labute approximate surface area is 115 Å². The molecular weight excluding hydrogens is 262 g/mol. The summed E-state index contributed by atoms with van der Waals surface area (Å²) >= 11 is 0. The standard InChI is InChI=1S/C15H14F2N2O/c1-19(12-5-3-2-4-6-12)10-15(20)18-14-8-7-11(16)9-13(14)17/h2-9H,10H2,1H3,(H,18,20). The molecule has 2 rings (SSSR count). The van der Waals surface area contributed by atoms with E-state index in [0.717, 1.165) is 17.8 Å². The number of rotatable bonds is 4. The Kier molecular flexibility index (Phi) is 4.30. The number of carbonyl (C=O) groups excluding carboxylic acids is 1. The van der Waals surface area contributed by atoms with Gasteiger partial charge in [0.1, 0.15) is 11.6 Å². The van der Waals surface area contributed by atoms with Crippen LogP contribution in [0.25, 0.3) is 0 Å². The smallest absolute Gasteiger partial charge is 0.243 e. The minimum absolute atomic E-state index is 0.0298. The highest BCUT2D eigenvalue weighted by atomic mass is 19.1. The summed E-state index contributed by atoms with van der Waals surface area (Å²) < 4.78 is 26.2. The number of benzene rings is 2. The summed E-state index contributed by atoms with van der Waals surface area (Å²) in [7, 11) is 1.76. The largest absolute Gasteiger partial charge is 0.365 e. The second-order valence-corrected chi connectivity index (χ2v) is 4.36. The molecule has 104 valence electrons. The predicted octanol–water partition coefficient (Wildman–Crippen LogP) is 3.04. The van der Waals surface area contributed by atoms with Crippen LogP contribution in [0.4, 0.5) is 20.2 Å². The Bertz CT molecular complexity index is 602. The summed E-state index contributed by atoms with van der Waals surface area (Å²) in [5.74, 6) is -1.84. The molecule has 2 aromatic carbocycles. The van der Waals surface area contributed by atoms with Crippen LogP contribution in [0.5, 0.6) is 0 Å². The van der Waals surface area contributed by atoms with Crippen LogP contribution in [-0.4, -0.2) is 19.5 Å². The number of anilines is 2. The van der Waals surface area contributed by atoms with Crippen LogP contribution < -0.4 is 10.2 Å². The van der Waals surface area contributed by atoms with E-state index in [-0.39, 0.29) is 18.1 Å². The highest BCUT2D eigenvalue weighted by Crippen LogP contribution is 2.15. The van der Waals surface area contributed by atoms with E-state index >= 15 is 0 Å². The molecule has 0 fully saturated rings. The van der Waals surface area contributed by atoms with Gasteiger partial charge in [0.15, 0.2) is 0 Å². The molecule has 0 aliphatic rings. The van der Waals surface area contributed by atoms with Gasteiger partial charge >= 0.3 is 0 Å². The van der Waals surface area contributed by atoms with Crippen molar-refractivity contribution in [3.8, 4) is 0 Å². The zero-order valence-corrected chi connectivity index (χ0v) is 10.9.